The van der Waals surface area contributed by atoms with E-state index in [9.17, 15) is 35.5 Å². The number of nitrogens with one attached hydrogen (secondary N) is 1. The third kappa shape index (κ3) is 5.26. The minimum atomic E-state index is -4.95. The molecule has 11 nitrogen and oxygen atoms in total. The zero-order valence-electron chi connectivity index (χ0n) is 20.4. The minimum absolute atomic E-state index is 0.0526. The van der Waals surface area contributed by atoms with E-state index in [2.05, 4.69) is 15.5 Å². The second-order valence-electron chi connectivity index (χ2n) is 9.35. The van der Waals surface area contributed by atoms with Gasteiger partial charge in [-0.1, -0.05) is 43.5 Å². The van der Waals surface area contributed by atoms with Crippen LogP contribution in [0.1, 0.15) is 63.9 Å². The van der Waals surface area contributed by atoms with Crippen LogP contribution in [0.3, 0.4) is 0 Å². The molecule has 0 bridgehead atoms. The van der Waals surface area contributed by atoms with Gasteiger partial charge in [0.25, 0.3) is 20.2 Å². The van der Waals surface area contributed by atoms with Crippen LogP contribution in [0.2, 0.25) is 0 Å². The van der Waals surface area contributed by atoms with Gasteiger partial charge in [-0.05, 0) is 43.2 Å². The zero-order valence-corrected chi connectivity index (χ0v) is 22.0. The molecule has 0 amide bonds. The highest BCUT2D eigenvalue weighted by molar-refractivity contribution is 7.86. The first-order chi connectivity index (χ1) is 18.4. The van der Waals surface area contributed by atoms with Crippen molar-refractivity contribution in [1.82, 2.24) is 0 Å². The van der Waals surface area contributed by atoms with E-state index in [1.54, 1.807) is 12.1 Å². The Morgan fingerprint density at radius 2 is 1.33 bits per heavy atom. The molecule has 3 aromatic carbocycles. The Bertz CT molecular complexity index is 1740. The summed E-state index contributed by atoms with van der Waals surface area (Å²) in [6.07, 6.45) is 4.53. The summed E-state index contributed by atoms with van der Waals surface area (Å²) in [5.74, 6) is -1.16. The topological polar surface area (TPSA) is 180 Å². The van der Waals surface area contributed by atoms with E-state index in [1.165, 1.54) is 24.3 Å². The Morgan fingerprint density at radius 3 is 1.90 bits per heavy atom. The molecule has 0 saturated heterocycles. The molecule has 1 fully saturated rings. The van der Waals surface area contributed by atoms with Crippen molar-refractivity contribution in [1.29, 1.82) is 0 Å². The Balaban J connectivity index is 1.72. The minimum Gasteiger partial charge on any atom is -0.382 e. The summed E-state index contributed by atoms with van der Waals surface area (Å²) in [6, 6.07) is 11.7. The van der Waals surface area contributed by atoms with Crippen LogP contribution in [0.15, 0.2) is 74.6 Å². The van der Waals surface area contributed by atoms with Crippen molar-refractivity contribution in [3.8, 4) is 0 Å². The summed E-state index contributed by atoms with van der Waals surface area (Å²) in [4.78, 5) is 26.3. The molecule has 202 valence electrons. The fourth-order valence-electron chi connectivity index (χ4n) is 4.92. The molecule has 0 radical (unpaired) electrons. The normalized spacial score (nSPS) is 16.3. The van der Waals surface area contributed by atoms with Crippen molar-refractivity contribution >= 4 is 48.9 Å². The van der Waals surface area contributed by atoms with Gasteiger partial charge in [0.15, 0.2) is 11.6 Å². The van der Waals surface area contributed by atoms with Crippen LogP contribution < -0.4 is 5.32 Å². The largest absolute Gasteiger partial charge is 0.382 e. The number of carbonyl (C=O) groups is 2. The van der Waals surface area contributed by atoms with Crippen LogP contribution in [-0.2, 0) is 20.2 Å². The monoisotopic (exact) mass is 569 g/mol. The molecular formula is C26H23N3O8S2. The third-order valence-electron chi connectivity index (χ3n) is 6.78. The number of hydrogen-bond donors (Lipinski definition) is 3. The van der Waals surface area contributed by atoms with Gasteiger partial charge in [-0.3, -0.25) is 18.7 Å². The summed E-state index contributed by atoms with van der Waals surface area (Å²) in [7, 11) is -9.41. The zero-order chi connectivity index (χ0) is 27.9. The van der Waals surface area contributed by atoms with Gasteiger partial charge >= 0.3 is 0 Å². The fourth-order valence-corrected chi connectivity index (χ4v) is 6.06. The maximum absolute atomic E-state index is 13.7. The Labute approximate surface area is 224 Å². The molecule has 5 rings (SSSR count). The number of nitrogens with zero attached hydrogens (tertiary/aromatic N) is 2. The fraction of sp³-hybridized carbons (Fsp3) is 0.231. The van der Waals surface area contributed by atoms with E-state index in [-0.39, 0.29) is 39.7 Å². The van der Waals surface area contributed by atoms with Crippen LogP contribution in [0.4, 0.5) is 17.1 Å². The van der Waals surface area contributed by atoms with Crippen LogP contribution >= 0.6 is 0 Å². The summed E-state index contributed by atoms with van der Waals surface area (Å²) in [6.45, 7) is 0. The lowest BCUT2D eigenvalue weighted by Gasteiger charge is -2.28. The van der Waals surface area contributed by atoms with Gasteiger partial charge in [0.05, 0.1) is 21.7 Å². The van der Waals surface area contributed by atoms with E-state index in [4.69, 9.17) is 0 Å². The standard InChI is InChI=1S/C26H23N3O8S2/c30-25-18-8-4-5-9-19(18)26(31)23-22(25)20(27-15-6-2-1-3-7-15)14-21(39(35,36)37)24(23)29-28-16-10-12-17(13-11-16)38(32,33)34/h4-5,8-15,27H,1-3,6-7H2,(H,32,33,34)(H,35,36,37)/b29-28-. The van der Waals surface area contributed by atoms with E-state index in [0.29, 0.717) is 0 Å². The number of carbonyl (C=O) groups excluding carboxylic acids is 2. The van der Waals surface area contributed by atoms with E-state index in [0.717, 1.165) is 50.3 Å². The molecular weight excluding hydrogens is 546 g/mol. The predicted octanol–water partition coefficient (Wildman–Crippen LogP) is 5.12. The highest BCUT2D eigenvalue weighted by atomic mass is 32.2. The van der Waals surface area contributed by atoms with Gasteiger partial charge in [-0.15, -0.1) is 5.11 Å². The summed E-state index contributed by atoms with van der Waals surface area (Å²) >= 11 is 0. The van der Waals surface area contributed by atoms with E-state index < -0.39 is 47.3 Å². The smallest absolute Gasteiger partial charge is 0.296 e. The van der Waals surface area contributed by atoms with Crippen LogP contribution in [-0.4, -0.2) is 43.5 Å². The van der Waals surface area contributed by atoms with Crippen molar-refractivity contribution in [2.45, 2.75) is 47.9 Å². The lowest BCUT2D eigenvalue weighted by Crippen LogP contribution is -2.27. The number of benzene rings is 3. The molecule has 1 saturated carbocycles. The molecule has 3 aromatic rings. The molecule has 2 aliphatic rings. The summed E-state index contributed by atoms with van der Waals surface area (Å²) < 4.78 is 67.0. The van der Waals surface area contributed by atoms with Crippen molar-refractivity contribution in [2.75, 3.05) is 5.32 Å². The maximum Gasteiger partial charge on any atom is 0.296 e. The second-order valence-corrected chi connectivity index (χ2v) is 12.2. The number of hydrogen-bond acceptors (Lipinski definition) is 9. The molecule has 2 aliphatic carbocycles. The number of ketones is 2. The average molecular weight is 570 g/mol. The third-order valence-corrected chi connectivity index (χ3v) is 8.51. The van der Waals surface area contributed by atoms with Crippen molar-refractivity contribution < 1.29 is 35.5 Å². The van der Waals surface area contributed by atoms with Gasteiger partial charge in [0.1, 0.15) is 10.6 Å². The summed E-state index contributed by atoms with van der Waals surface area (Å²) in [5, 5.41) is 11.1. The Kier molecular flexibility index (Phi) is 6.93. The van der Waals surface area contributed by atoms with E-state index >= 15 is 0 Å². The van der Waals surface area contributed by atoms with Crippen LogP contribution in [0.25, 0.3) is 0 Å². The molecule has 0 aliphatic heterocycles. The molecule has 0 atom stereocenters. The van der Waals surface area contributed by atoms with Gasteiger partial charge in [-0.2, -0.15) is 21.9 Å². The molecule has 0 unspecified atom stereocenters. The van der Waals surface area contributed by atoms with Gasteiger partial charge < -0.3 is 5.32 Å². The number of azo groups is 1. The van der Waals surface area contributed by atoms with E-state index in [1.807, 2.05) is 0 Å². The van der Waals surface area contributed by atoms with Gasteiger partial charge in [-0.25, -0.2) is 0 Å². The highest BCUT2D eigenvalue weighted by Gasteiger charge is 2.38. The molecule has 13 heteroatoms. The first-order valence-electron chi connectivity index (χ1n) is 12.1. The molecule has 0 heterocycles. The summed E-state index contributed by atoms with van der Waals surface area (Å²) in [5.41, 5.74) is -0.526. The molecule has 39 heavy (non-hydrogen) atoms. The quantitative estimate of drug-likeness (QED) is 0.210. The highest BCUT2D eigenvalue weighted by Crippen LogP contribution is 2.43. The second kappa shape index (κ2) is 10.1. The maximum atomic E-state index is 13.7. The SMILES string of the molecule is O=C1c2ccccc2C(=O)c2c(/N=N\c3ccc(S(=O)(=O)O)cc3)c(S(=O)(=O)O)cc(NC3CCCCC3)c21. The lowest BCUT2D eigenvalue weighted by molar-refractivity contribution is 0.0980. The van der Waals surface area contributed by atoms with Crippen molar-refractivity contribution in [3.63, 3.8) is 0 Å². The van der Waals surface area contributed by atoms with Gasteiger partial charge in [0.2, 0.25) is 0 Å². The molecule has 0 spiro atoms. The van der Waals surface area contributed by atoms with Crippen LogP contribution in [0.5, 0.6) is 0 Å². The molecule has 3 N–H and O–H groups in total. The Hall–Kier alpha value is -3.78. The number of fused-ring (bicyclic) bond motifs is 2. The van der Waals surface area contributed by atoms with Gasteiger partial charge in [0, 0.05) is 22.9 Å². The van der Waals surface area contributed by atoms with Crippen molar-refractivity contribution in [2.24, 2.45) is 10.2 Å². The predicted molar refractivity (Wildman–Crippen MR) is 140 cm³/mol. The van der Waals surface area contributed by atoms with Crippen molar-refractivity contribution in [3.05, 3.63) is 76.9 Å². The lowest BCUT2D eigenvalue weighted by atomic mass is 9.82. The first-order valence-corrected chi connectivity index (χ1v) is 15.0. The van der Waals surface area contributed by atoms with Crippen LogP contribution in [0, 0.1) is 0 Å². The average Bonchev–Trinajstić information content (AvgIpc) is 2.90. The molecule has 0 aromatic heterocycles. The number of anilines is 1. The number of rotatable bonds is 6. The Morgan fingerprint density at radius 1 is 0.744 bits per heavy atom. The first kappa shape index (κ1) is 26.8.